The van der Waals surface area contributed by atoms with E-state index in [0.29, 0.717) is 5.92 Å². The molecule has 0 aromatic rings. The Bertz CT molecular complexity index is 200. The fraction of sp³-hybridized carbons (Fsp3) is 0.900. The molecule has 2 fully saturated rings. The van der Waals surface area contributed by atoms with Crippen LogP contribution in [-0.4, -0.2) is 12.1 Å². The molecule has 0 bridgehead atoms. The summed E-state index contributed by atoms with van der Waals surface area (Å²) in [5.41, 5.74) is 0. The van der Waals surface area contributed by atoms with Crippen LogP contribution in [0.15, 0.2) is 0 Å². The normalized spacial score (nSPS) is 47.0. The number of hydrogen-bond acceptors (Lipinski definition) is 2. The van der Waals surface area contributed by atoms with E-state index in [1.807, 2.05) is 6.92 Å². The van der Waals surface area contributed by atoms with Gasteiger partial charge in [-0.1, -0.05) is 20.3 Å². The molecule has 2 nitrogen and oxygen atoms in total. The first-order valence-electron chi connectivity index (χ1n) is 4.89. The van der Waals surface area contributed by atoms with E-state index in [4.69, 9.17) is 4.74 Å². The molecular weight excluding hydrogens is 152 g/mol. The molecule has 2 rings (SSSR count). The highest BCUT2D eigenvalue weighted by Crippen LogP contribution is 2.40. The third-order valence-corrected chi connectivity index (χ3v) is 3.39. The number of rotatable bonds is 0. The van der Waals surface area contributed by atoms with Crippen LogP contribution in [0.5, 0.6) is 0 Å². The molecule has 1 heterocycles. The molecule has 0 N–H and O–H groups in total. The molecule has 1 saturated heterocycles. The zero-order valence-electron chi connectivity index (χ0n) is 7.75. The van der Waals surface area contributed by atoms with Crippen LogP contribution >= 0.6 is 0 Å². The molecule has 1 aliphatic carbocycles. The van der Waals surface area contributed by atoms with Gasteiger partial charge in [0.2, 0.25) is 0 Å². The first kappa shape index (κ1) is 8.09. The summed E-state index contributed by atoms with van der Waals surface area (Å²) in [5, 5.41) is 0. The van der Waals surface area contributed by atoms with Gasteiger partial charge in [-0.05, 0) is 18.8 Å². The largest absolute Gasteiger partial charge is 0.462 e. The molecule has 4 atom stereocenters. The van der Waals surface area contributed by atoms with Crippen molar-refractivity contribution >= 4 is 5.97 Å². The van der Waals surface area contributed by atoms with Gasteiger partial charge in [0.05, 0.1) is 5.92 Å². The zero-order valence-corrected chi connectivity index (χ0v) is 7.75. The van der Waals surface area contributed by atoms with E-state index in [9.17, 15) is 4.79 Å². The lowest BCUT2D eigenvalue weighted by molar-refractivity contribution is -0.144. The Labute approximate surface area is 73.3 Å². The van der Waals surface area contributed by atoms with E-state index < -0.39 is 0 Å². The van der Waals surface area contributed by atoms with E-state index in [1.165, 1.54) is 12.8 Å². The third kappa shape index (κ3) is 1.13. The number of esters is 1. The summed E-state index contributed by atoms with van der Waals surface area (Å²) in [7, 11) is 0. The fourth-order valence-corrected chi connectivity index (χ4v) is 2.49. The van der Waals surface area contributed by atoms with Crippen molar-refractivity contribution < 1.29 is 9.53 Å². The maximum atomic E-state index is 11.2. The van der Waals surface area contributed by atoms with Crippen LogP contribution in [0.2, 0.25) is 0 Å². The number of carbonyl (C=O) groups is 1. The lowest BCUT2D eigenvalue weighted by Crippen LogP contribution is -2.27. The van der Waals surface area contributed by atoms with Crippen molar-refractivity contribution in [3.05, 3.63) is 0 Å². The Hall–Kier alpha value is -0.530. The summed E-state index contributed by atoms with van der Waals surface area (Å²) in [6, 6.07) is 0. The number of ether oxygens (including phenoxy) is 1. The number of carbonyl (C=O) groups excluding carboxylic acids is 1. The second kappa shape index (κ2) is 2.75. The Morgan fingerprint density at radius 3 is 2.83 bits per heavy atom. The SMILES string of the molecule is CC1CCC2C(C1)OC(=O)C2C. The fourth-order valence-electron chi connectivity index (χ4n) is 2.49. The molecule has 2 aliphatic rings. The Kier molecular flexibility index (Phi) is 1.85. The van der Waals surface area contributed by atoms with Gasteiger partial charge in [-0.3, -0.25) is 4.79 Å². The van der Waals surface area contributed by atoms with Gasteiger partial charge in [-0.25, -0.2) is 0 Å². The molecule has 1 saturated carbocycles. The third-order valence-electron chi connectivity index (χ3n) is 3.39. The molecule has 0 radical (unpaired) electrons. The lowest BCUT2D eigenvalue weighted by Gasteiger charge is -2.28. The summed E-state index contributed by atoms with van der Waals surface area (Å²) < 4.78 is 5.31. The maximum Gasteiger partial charge on any atom is 0.309 e. The van der Waals surface area contributed by atoms with Gasteiger partial charge in [0.15, 0.2) is 0 Å². The first-order chi connectivity index (χ1) is 5.68. The van der Waals surface area contributed by atoms with Crippen molar-refractivity contribution in [1.29, 1.82) is 0 Å². The molecule has 68 valence electrons. The van der Waals surface area contributed by atoms with Gasteiger partial charge in [-0.2, -0.15) is 0 Å². The van der Waals surface area contributed by atoms with E-state index in [1.54, 1.807) is 0 Å². The molecule has 0 spiro atoms. The highest BCUT2D eigenvalue weighted by molar-refractivity contribution is 5.74. The van der Waals surface area contributed by atoms with E-state index in [2.05, 4.69) is 6.92 Å². The van der Waals surface area contributed by atoms with Crippen LogP contribution in [0.3, 0.4) is 0 Å². The smallest absolute Gasteiger partial charge is 0.309 e. The zero-order chi connectivity index (χ0) is 8.72. The molecule has 0 aromatic heterocycles. The molecule has 0 amide bonds. The van der Waals surface area contributed by atoms with Gasteiger partial charge in [0.25, 0.3) is 0 Å². The topological polar surface area (TPSA) is 26.3 Å². The van der Waals surface area contributed by atoms with Crippen molar-refractivity contribution in [3.8, 4) is 0 Å². The molecule has 1 aliphatic heterocycles. The van der Waals surface area contributed by atoms with Gasteiger partial charge in [-0.15, -0.1) is 0 Å². The summed E-state index contributed by atoms with van der Waals surface area (Å²) in [6.45, 7) is 4.25. The van der Waals surface area contributed by atoms with Gasteiger partial charge in [0, 0.05) is 5.92 Å². The van der Waals surface area contributed by atoms with Crippen LogP contribution in [0.25, 0.3) is 0 Å². The van der Waals surface area contributed by atoms with Crippen LogP contribution in [0.4, 0.5) is 0 Å². The molecular formula is C10H16O2. The van der Waals surface area contributed by atoms with Crippen molar-refractivity contribution in [3.63, 3.8) is 0 Å². The van der Waals surface area contributed by atoms with E-state index in [-0.39, 0.29) is 18.0 Å². The highest BCUT2D eigenvalue weighted by atomic mass is 16.6. The van der Waals surface area contributed by atoms with Crippen molar-refractivity contribution in [2.24, 2.45) is 17.8 Å². The molecule has 12 heavy (non-hydrogen) atoms. The quantitative estimate of drug-likeness (QED) is 0.517. The minimum Gasteiger partial charge on any atom is -0.462 e. The average molecular weight is 168 g/mol. The Balaban J connectivity index is 2.09. The first-order valence-corrected chi connectivity index (χ1v) is 4.89. The van der Waals surface area contributed by atoms with E-state index in [0.717, 1.165) is 12.3 Å². The second-order valence-corrected chi connectivity index (χ2v) is 4.35. The van der Waals surface area contributed by atoms with Crippen LogP contribution in [0.1, 0.15) is 33.1 Å². The summed E-state index contributed by atoms with van der Waals surface area (Å²) in [6.07, 6.45) is 3.78. The molecule has 2 heteroatoms. The van der Waals surface area contributed by atoms with Crippen LogP contribution in [0, 0.1) is 17.8 Å². The van der Waals surface area contributed by atoms with Gasteiger partial charge in [0.1, 0.15) is 6.10 Å². The van der Waals surface area contributed by atoms with Crippen LogP contribution < -0.4 is 0 Å². The number of fused-ring (bicyclic) bond motifs is 1. The molecule has 4 unspecified atom stereocenters. The van der Waals surface area contributed by atoms with Gasteiger partial charge < -0.3 is 4.74 Å². The Morgan fingerprint density at radius 1 is 1.33 bits per heavy atom. The summed E-state index contributed by atoms with van der Waals surface area (Å²) in [5.74, 6) is 1.44. The highest BCUT2D eigenvalue weighted by Gasteiger charge is 2.43. The minimum atomic E-state index is 0.0269. The predicted molar refractivity (Wildman–Crippen MR) is 45.5 cm³/mol. The summed E-state index contributed by atoms with van der Waals surface area (Å²) >= 11 is 0. The predicted octanol–water partition coefficient (Wildman–Crippen LogP) is 1.98. The summed E-state index contributed by atoms with van der Waals surface area (Å²) in [4.78, 5) is 11.2. The monoisotopic (exact) mass is 168 g/mol. The van der Waals surface area contributed by atoms with Crippen molar-refractivity contribution in [1.82, 2.24) is 0 Å². The standard InChI is InChI=1S/C10H16O2/c1-6-3-4-8-7(2)10(11)12-9(8)5-6/h6-9H,3-5H2,1-2H3. The maximum absolute atomic E-state index is 11.2. The second-order valence-electron chi connectivity index (χ2n) is 4.35. The number of hydrogen-bond donors (Lipinski definition) is 0. The lowest BCUT2D eigenvalue weighted by atomic mass is 9.77. The van der Waals surface area contributed by atoms with Crippen molar-refractivity contribution in [2.45, 2.75) is 39.2 Å². The van der Waals surface area contributed by atoms with E-state index >= 15 is 0 Å². The average Bonchev–Trinajstić information content (AvgIpc) is 2.28. The Morgan fingerprint density at radius 2 is 2.08 bits per heavy atom. The molecule has 0 aromatic carbocycles. The minimum absolute atomic E-state index is 0.0269. The van der Waals surface area contributed by atoms with Crippen molar-refractivity contribution in [2.75, 3.05) is 0 Å². The van der Waals surface area contributed by atoms with Crippen LogP contribution in [-0.2, 0) is 9.53 Å². The van der Waals surface area contributed by atoms with Gasteiger partial charge >= 0.3 is 5.97 Å².